The molecule has 5 heteroatoms. The average molecular weight is 404 g/mol. The van der Waals surface area contributed by atoms with E-state index in [-0.39, 0.29) is 19.8 Å². The van der Waals surface area contributed by atoms with Gasteiger partial charge in [-0.05, 0) is 48.7 Å². The summed E-state index contributed by atoms with van der Waals surface area (Å²) in [6.45, 7) is 4.55. The zero-order valence-electron chi connectivity index (χ0n) is 17.1. The summed E-state index contributed by atoms with van der Waals surface area (Å²) >= 11 is 0. The number of hydrogen-bond donors (Lipinski definition) is 0. The molecule has 0 fully saturated rings. The molecule has 154 valence electrons. The van der Waals surface area contributed by atoms with Gasteiger partial charge in [0, 0.05) is 5.56 Å². The lowest BCUT2D eigenvalue weighted by molar-refractivity contribution is 0.0467. The molecule has 0 heterocycles. The predicted molar refractivity (Wildman–Crippen MR) is 114 cm³/mol. The summed E-state index contributed by atoms with van der Waals surface area (Å²) in [7, 11) is 0. The van der Waals surface area contributed by atoms with E-state index in [0.29, 0.717) is 22.6 Å². The lowest BCUT2D eigenvalue weighted by Crippen LogP contribution is -2.13. The second kappa shape index (κ2) is 10.3. The van der Waals surface area contributed by atoms with Crippen LogP contribution in [0.4, 0.5) is 0 Å². The summed E-state index contributed by atoms with van der Waals surface area (Å²) in [5, 5.41) is 0. The predicted octanol–water partition coefficient (Wildman–Crippen LogP) is 4.93. The smallest absolute Gasteiger partial charge is 0.342 e. The zero-order valence-corrected chi connectivity index (χ0v) is 17.1. The van der Waals surface area contributed by atoms with E-state index in [1.165, 1.54) is 0 Å². The molecular formula is C25H24O5. The van der Waals surface area contributed by atoms with E-state index < -0.39 is 5.97 Å². The van der Waals surface area contributed by atoms with E-state index in [1.807, 2.05) is 56.3 Å². The molecule has 0 amide bonds. The minimum Gasteiger partial charge on any atom is -0.490 e. The van der Waals surface area contributed by atoms with Crippen molar-refractivity contribution in [2.45, 2.75) is 20.5 Å². The molecular weight excluding hydrogens is 380 g/mol. The lowest BCUT2D eigenvalue weighted by Gasteiger charge is -2.14. The number of esters is 1. The van der Waals surface area contributed by atoms with E-state index in [9.17, 15) is 9.59 Å². The first-order valence-corrected chi connectivity index (χ1v) is 9.70. The average Bonchev–Trinajstić information content (AvgIpc) is 2.77. The van der Waals surface area contributed by atoms with Crippen LogP contribution in [-0.2, 0) is 11.3 Å². The number of benzene rings is 3. The van der Waals surface area contributed by atoms with E-state index in [2.05, 4.69) is 0 Å². The largest absolute Gasteiger partial charge is 0.490 e. The minimum absolute atomic E-state index is 0.197. The zero-order chi connectivity index (χ0) is 21.3. The van der Waals surface area contributed by atoms with Gasteiger partial charge in [-0.25, -0.2) is 4.79 Å². The van der Waals surface area contributed by atoms with Gasteiger partial charge >= 0.3 is 5.97 Å². The van der Waals surface area contributed by atoms with Crippen molar-refractivity contribution in [3.8, 4) is 11.5 Å². The summed E-state index contributed by atoms with van der Waals surface area (Å²) in [6, 6.07) is 20.1. The third-order valence-electron chi connectivity index (χ3n) is 4.52. The fraction of sp³-hybridized carbons (Fsp3) is 0.200. The normalized spacial score (nSPS) is 10.3. The molecule has 0 atom stereocenters. The summed E-state index contributed by atoms with van der Waals surface area (Å²) in [5.74, 6) is 0.647. The van der Waals surface area contributed by atoms with Crippen LogP contribution in [0.3, 0.4) is 0 Å². The maximum Gasteiger partial charge on any atom is 0.342 e. The van der Waals surface area contributed by atoms with Gasteiger partial charge in [0.15, 0.2) is 0 Å². The van der Waals surface area contributed by atoms with Gasteiger partial charge in [-0.1, -0.05) is 48.5 Å². The molecule has 3 rings (SSSR count). The highest BCUT2D eigenvalue weighted by molar-refractivity contribution is 5.92. The van der Waals surface area contributed by atoms with Crippen molar-refractivity contribution in [3.05, 3.63) is 94.5 Å². The Labute approximate surface area is 176 Å². The quantitative estimate of drug-likeness (QED) is 0.287. The van der Waals surface area contributed by atoms with Crippen LogP contribution in [-0.4, -0.2) is 25.5 Å². The number of carbonyl (C=O) groups is 2. The van der Waals surface area contributed by atoms with Crippen LogP contribution in [0.2, 0.25) is 0 Å². The first-order valence-electron chi connectivity index (χ1n) is 9.70. The van der Waals surface area contributed by atoms with Crippen molar-refractivity contribution in [1.82, 2.24) is 0 Å². The van der Waals surface area contributed by atoms with Crippen molar-refractivity contribution in [2.24, 2.45) is 0 Å². The molecule has 0 aromatic heterocycles. The van der Waals surface area contributed by atoms with Gasteiger partial charge in [-0.2, -0.15) is 0 Å². The van der Waals surface area contributed by atoms with Crippen LogP contribution >= 0.6 is 0 Å². The Morgan fingerprint density at radius 1 is 0.867 bits per heavy atom. The summed E-state index contributed by atoms with van der Waals surface area (Å²) in [6.07, 6.45) is 0.781. The molecule has 0 aliphatic heterocycles. The van der Waals surface area contributed by atoms with Gasteiger partial charge in [0.1, 0.15) is 43.2 Å². The third-order valence-corrected chi connectivity index (χ3v) is 4.52. The van der Waals surface area contributed by atoms with Gasteiger partial charge in [0.2, 0.25) is 0 Å². The van der Waals surface area contributed by atoms with Crippen molar-refractivity contribution in [1.29, 1.82) is 0 Å². The Kier molecular flexibility index (Phi) is 7.22. The van der Waals surface area contributed by atoms with Crippen LogP contribution in [0, 0.1) is 13.8 Å². The molecule has 0 N–H and O–H groups in total. The standard InChI is InChI=1S/C25H24O5/c1-18-8-11-22(25(27)30-17-20-6-4-3-5-7-20)24(14-18)29-13-12-28-23-15-21(16-26)10-9-19(23)2/h3-11,14-16H,12-13,17H2,1-2H3. The lowest BCUT2D eigenvalue weighted by atomic mass is 10.1. The number of hydrogen-bond acceptors (Lipinski definition) is 5. The van der Waals surface area contributed by atoms with Gasteiger partial charge < -0.3 is 14.2 Å². The van der Waals surface area contributed by atoms with Gasteiger partial charge in [-0.15, -0.1) is 0 Å². The SMILES string of the molecule is Cc1ccc(C(=O)OCc2ccccc2)c(OCCOc2cc(C=O)ccc2C)c1. The van der Waals surface area contributed by atoms with Gasteiger partial charge in [-0.3, -0.25) is 4.79 Å². The molecule has 0 aliphatic rings. The molecule has 0 bridgehead atoms. The minimum atomic E-state index is -0.440. The maximum absolute atomic E-state index is 12.6. The molecule has 0 unspecified atom stereocenters. The molecule has 0 saturated heterocycles. The molecule has 5 nitrogen and oxygen atoms in total. The van der Waals surface area contributed by atoms with Crippen molar-refractivity contribution >= 4 is 12.3 Å². The van der Waals surface area contributed by atoms with E-state index >= 15 is 0 Å². The molecule has 3 aromatic carbocycles. The Morgan fingerprint density at radius 3 is 2.33 bits per heavy atom. The highest BCUT2D eigenvalue weighted by Crippen LogP contribution is 2.23. The second-order valence-electron chi connectivity index (χ2n) is 6.90. The number of rotatable bonds is 9. The number of carbonyl (C=O) groups excluding carboxylic acids is 2. The van der Waals surface area contributed by atoms with Gasteiger partial charge in [0.05, 0.1) is 0 Å². The number of aldehydes is 1. The fourth-order valence-electron chi connectivity index (χ4n) is 2.87. The van der Waals surface area contributed by atoms with Crippen molar-refractivity contribution in [3.63, 3.8) is 0 Å². The molecule has 30 heavy (non-hydrogen) atoms. The molecule has 0 spiro atoms. The first-order chi connectivity index (χ1) is 14.6. The highest BCUT2D eigenvalue weighted by atomic mass is 16.5. The monoisotopic (exact) mass is 404 g/mol. The van der Waals surface area contributed by atoms with Crippen LogP contribution in [0.15, 0.2) is 66.7 Å². The van der Waals surface area contributed by atoms with Crippen LogP contribution in [0.25, 0.3) is 0 Å². The highest BCUT2D eigenvalue weighted by Gasteiger charge is 2.15. The van der Waals surface area contributed by atoms with Crippen molar-refractivity contribution in [2.75, 3.05) is 13.2 Å². The topological polar surface area (TPSA) is 61.8 Å². The number of aryl methyl sites for hydroxylation is 2. The Morgan fingerprint density at radius 2 is 1.60 bits per heavy atom. The summed E-state index contributed by atoms with van der Waals surface area (Å²) in [4.78, 5) is 23.5. The Bertz CT molecular complexity index is 1010. The third kappa shape index (κ3) is 5.70. The fourth-order valence-corrected chi connectivity index (χ4v) is 2.87. The van der Waals surface area contributed by atoms with E-state index in [1.54, 1.807) is 24.3 Å². The summed E-state index contributed by atoms with van der Waals surface area (Å²) < 4.78 is 17.0. The van der Waals surface area contributed by atoms with E-state index in [4.69, 9.17) is 14.2 Å². The molecule has 0 radical (unpaired) electrons. The Hall–Kier alpha value is -3.60. The number of ether oxygens (including phenoxy) is 3. The van der Waals surface area contributed by atoms with Crippen molar-refractivity contribution < 1.29 is 23.8 Å². The molecule has 0 aliphatic carbocycles. The Balaban J connectivity index is 1.59. The first kappa shape index (κ1) is 21.1. The van der Waals surface area contributed by atoms with Crippen LogP contribution in [0.5, 0.6) is 11.5 Å². The van der Waals surface area contributed by atoms with Gasteiger partial charge in [0.25, 0.3) is 0 Å². The van der Waals surface area contributed by atoms with Crippen LogP contribution < -0.4 is 9.47 Å². The summed E-state index contributed by atoms with van der Waals surface area (Å²) in [5.41, 5.74) is 3.75. The molecule has 3 aromatic rings. The maximum atomic E-state index is 12.6. The van der Waals surface area contributed by atoms with Crippen LogP contribution in [0.1, 0.15) is 37.4 Å². The van der Waals surface area contributed by atoms with E-state index in [0.717, 1.165) is 23.0 Å². The second-order valence-corrected chi connectivity index (χ2v) is 6.90. The molecule has 0 saturated carbocycles.